The van der Waals surface area contributed by atoms with Gasteiger partial charge >= 0.3 is 5.97 Å². The Balaban J connectivity index is 2.94. The fraction of sp³-hybridized carbons (Fsp3) is 0.400. The van der Waals surface area contributed by atoms with E-state index in [0.29, 0.717) is 0 Å². The highest BCUT2D eigenvalue weighted by Crippen LogP contribution is 2.27. The first-order chi connectivity index (χ1) is 5.97. The average Bonchev–Trinajstić information content (AvgIpc) is 2.32. The van der Waals surface area contributed by atoms with Gasteiger partial charge in [0.15, 0.2) is 5.78 Å². The van der Waals surface area contributed by atoms with Crippen molar-refractivity contribution in [3.8, 4) is 0 Å². The van der Waals surface area contributed by atoms with Gasteiger partial charge in [0.05, 0.1) is 6.26 Å². The van der Waals surface area contributed by atoms with Gasteiger partial charge in [0.1, 0.15) is 5.41 Å². The molecule has 0 saturated carbocycles. The second kappa shape index (κ2) is 3.17. The lowest BCUT2D eigenvalue weighted by Crippen LogP contribution is -2.31. The molecule has 3 heteroatoms. The number of esters is 1. The van der Waals surface area contributed by atoms with Crippen LogP contribution in [0.2, 0.25) is 0 Å². The molecule has 1 heterocycles. The maximum Gasteiger partial charge on any atom is 0.328 e. The van der Waals surface area contributed by atoms with Gasteiger partial charge in [-0.15, -0.1) is 0 Å². The van der Waals surface area contributed by atoms with Crippen LogP contribution in [0.15, 0.2) is 24.0 Å². The highest BCUT2D eigenvalue weighted by atomic mass is 16.5. The van der Waals surface area contributed by atoms with Gasteiger partial charge in [-0.05, 0) is 32.9 Å². The van der Waals surface area contributed by atoms with Gasteiger partial charge in [-0.3, -0.25) is 9.59 Å². The number of carbonyl (C=O) groups excluding carboxylic acids is 2. The number of ketones is 1. The Bertz CT molecular complexity index is 308. The minimum Gasteiger partial charge on any atom is -0.434 e. The number of carbonyl (C=O) groups is 2. The first kappa shape index (κ1) is 9.71. The molecule has 0 aromatic carbocycles. The van der Waals surface area contributed by atoms with E-state index >= 15 is 0 Å². The zero-order valence-corrected chi connectivity index (χ0v) is 7.96. The number of hydrogen-bond acceptors (Lipinski definition) is 3. The Morgan fingerprint density at radius 2 is 2.15 bits per heavy atom. The molecule has 0 aromatic rings. The number of rotatable bonds is 2. The van der Waals surface area contributed by atoms with Gasteiger partial charge in [-0.1, -0.05) is 5.57 Å². The highest BCUT2D eigenvalue weighted by molar-refractivity contribution is 6.11. The molecule has 13 heavy (non-hydrogen) atoms. The number of ether oxygens (including phenoxy) is 1. The molecule has 3 nitrogen and oxygen atoms in total. The van der Waals surface area contributed by atoms with Crippen LogP contribution in [0.5, 0.6) is 0 Å². The summed E-state index contributed by atoms with van der Waals surface area (Å²) >= 11 is 0. The molecule has 0 spiro atoms. The summed E-state index contributed by atoms with van der Waals surface area (Å²) in [7, 11) is 0. The molecule has 0 aromatic heterocycles. The standard InChI is InChI=1S/C10H12O3/c1-7(2)6-8(11)10(3)4-5-13-9(10)12/h4-6H,1-3H3. The largest absolute Gasteiger partial charge is 0.434 e. The van der Waals surface area contributed by atoms with Crippen LogP contribution in [0, 0.1) is 5.41 Å². The number of allylic oxidation sites excluding steroid dienone is 2. The lowest BCUT2D eigenvalue weighted by atomic mass is 9.86. The third kappa shape index (κ3) is 1.69. The van der Waals surface area contributed by atoms with E-state index < -0.39 is 11.4 Å². The van der Waals surface area contributed by atoms with Crippen molar-refractivity contribution in [2.24, 2.45) is 5.41 Å². The second-order valence-electron chi connectivity index (χ2n) is 3.50. The Morgan fingerprint density at radius 1 is 1.54 bits per heavy atom. The summed E-state index contributed by atoms with van der Waals surface area (Å²) in [6.45, 7) is 5.18. The van der Waals surface area contributed by atoms with Crippen molar-refractivity contribution in [1.29, 1.82) is 0 Å². The first-order valence-corrected chi connectivity index (χ1v) is 4.05. The summed E-state index contributed by atoms with van der Waals surface area (Å²) in [4.78, 5) is 22.7. The molecule has 1 atom stereocenters. The van der Waals surface area contributed by atoms with Crippen molar-refractivity contribution in [2.75, 3.05) is 0 Å². The maximum absolute atomic E-state index is 11.6. The predicted molar refractivity (Wildman–Crippen MR) is 47.8 cm³/mol. The fourth-order valence-electron chi connectivity index (χ4n) is 1.02. The van der Waals surface area contributed by atoms with Crippen LogP contribution in [-0.4, -0.2) is 11.8 Å². The van der Waals surface area contributed by atoms with E-state index in [9.17, 15) is 9.59 Å². The molecule has 0 aliphatic carbocycles. The maximum atomic E-state index is 11.6. The van der Waals surface area contributed by atoms with E-state index in [1.54, 1.807) is 6.92 Å². The molecule has 1 rings (SSSR count). The molecule has 1 aliphatic rings. The summed E-state index contributed by atoms with van der Waals surface area (Å²) in [6.07, 6.45) is 4.20. The minimum atomic E-state index is -1.11. The van der Waals surface area contributed by atoms with Crippen LogP contribution >= 0.6 is 0 Å². The summed E-state index contributed by atoms with van der Waals surface area (Å²) in [5, 5.41) is 0. The van der Waals surface area contributed by atoms with E-state index in [2.05, 4.69) is 4.74 Å². The molecule has 0 radical (unpaired) electrons. The van der Waals surface area contributed by atoms with E-state index in [-0.39, 0.29) is 5.78 Å². The van der Waals surface area contributed by atoms with Gasteiger partial charge in [0.25, 0.3) is 0 Å². The highest BCUT2D eigenvalue weighted by Gasteiger charge is 2.42. The lowest BCUT2D eigenvalue weighted by Gasteiger charge is -2.13. The lowest BCUT2D eigenvalue weighted by molar-refractivity contribution is -0.147. The van der Waals surface area contributed by atoms with E-state index in [1.807, 2.05) is 13.8 Å². The van der Waals surface area contributed by atoms with Gasteiger partial charge < -0.3 is 4.74 Å². The normalized spacial score (nSPS) is 25.6. The fourth-order valence-corrected chi connectivity index (χ4v) is 1.02. The van der Waals surface area contributed by atoms with Crippen LogP contribution in [0.1, 0.15) is 20.8 Å². The number of hydrogen-bond donors (Lipinski definition) is 0. The van der Waals surface area contributed by atoms with Crippen LogP contribution in [-0.2, 0) is 14.3 Å². The Hall–Kier alpha value is -1.38. The van der Waals surface area contributed by atoms with E-state index in [1.165, 1.54) is 18.4 Å². The third-order valence-electron chi connectivity index (χ3n) is 1.93. The second-order valence-corrected chi connectivity index (χ2v) is 3.50. The molecule has 70 valence electrons. The van der Waals surface area contributed by atoms with E-state index in [4.69, 9.17) is 0 Å². The van der Waals surface area contributed by atoms with E-state index in [0.717, 1.165) is 5.57 Å². The topological polar surface area (TPSA) is 43.4 Å². The van der Waals surface area contributed by atoms with Crippen molar-refractivity contribution in [3.05, 3.63) is 24.0 Å². The Morgan fingerprint density at radius 3 is 2.54 bits per heavy atom. The van der Waals surface area contributed by atoms with Crippen LogP contribution in [0.25, 0.3) is 0 Å². The van der Waals surface area contributed by atoms with Gasteiger partial charge in [0, 0.05) is 0 Å². The third-order valence-corrected chi connectivity index (χ3v) is 1.93. The van der Waals surface area contributed by atoms with Crippen molar-refractivity contribution in [2.45, 2.75) is 20.8 Å². The molecule has 0 N–H and O–H groups in total. The van der Waals surface area contributed by atoms with Gasteiger partial charge in [0.2, 0.25) is 0 Å². The van der Waals surface area contributed by atoms with Gasteiger partial charge in [-0.25, -0.2) is 0 Å². The average molecular weight is 180 g/mol. The number of cyclic esters (lactones) is 1. The van der Waals surface area contributed by atoms with Gasteiger partial charge in [-0.2, -0.15) is 0 Å². The van der Waals surface area contributed by atoms with Crippen LogP contribution in [0.4, 0.5) is 0 Å². The zero-order chi connectivity index (χ0) is 10.1. The minimum absolute atomic E-state index is 0.230. The predicted octanol–water partition coefficient (Wildman–Crippen LogP) is 1.60. The molecule has 0 saturated heterocycles. The smallest absolute Gasteiger partial charge is 0.328 e. The SMILES string of the molecule is CC(C)=CC(=O)C1(C)C=COC1=O. The van der Waals surface area contributed by atoms with Crippen molar-refractivity contribution in [1.82, 2.24) is 0 Å². The van der Waals surface area contributed by atoms with Crippen LogP contribution in [0.3, 0.4) is 0 Å². The van der Waals surface area contributed by atoms with Crippen molar-refractivity contribution >= 4 is 11.8 Å². The quantitative estimate of drug-likeness (QED) is 0.368. The molecular weight excluding hydrogens is 168 g/mol. The van der Waals surface area contributed by atoms with Crippen molar-refractivity contribution in [3.63, 3.8) is 0 Å². The summed E-state index contributed by atoms with van der Waals surface area (Å²) in [5.41, 5.74) is -0.239. The first-order valence-electron chi connectivity index (χ1n) is 4.05. The Labute approximate surface area is 77.1 Å². The van der Waals surface area contributed by atoms with Crippen LogP contribution < -0.4 is 0 Å². The molecular formula is C10H12O3. The molecule has 0 bridgehead atoms. The molecule has 1 unspecified atom stereocenters. The molecule has 1 aliphatic heterocycles. The molecule has 0 fully saturated rings. The Kier molecular flexibility index (Phi) is 2.36. The van der Waals surface area contributed by atoms with Crippen molar-refractivity contribution < 1.29 is 14.3 Å². The zero-order valence-electron chi connectivity index (χ0n) is 7.96. The summed E-state index contributed by atoms with van der Waals surface area (Å²) in [6, 6.07) is 0. The molecule has 0 amide bonds. The summed E-state index contributed by atoms with van der Waals surface area (Å²) < 4.78 is 4.60. The summed E-state index contributed by atoms with van der Waals surface area (Å²) in [5.74, 6) is -0.735. The monoisotopic (exact) mass is 180 g/mol.